The fourth-order valence-corrected chi connectivity index (χ4v) is 4.11. The molecule has 5 nitrogen and oxygen atoms in total. The van der Waals surface area contributed by atoms with Crippen LogP contribution in [-0.4, -0.2) is 54.5 Å². The van der Waals surface area contributed by atoms with Gasteiger partial charge in [0.1, 0.15) is 0 Å². The van der Waals surface area contributed by atoms with Gasteiger partial charge in [-0.25, -0.2) is 0 Å². The number of hydrogen-bond donors (Lipinski definition) is 1. The van der Waals surface area contributed by atoms with Crippen molar-refractivity contribution in [2.75, 3.05) is 32.7 Å². The van der Waals surface area contributed by atoms with Crippen LogP contribution >= 0.6 is 23.2 Å². The highest BCUT2D eigenvalue weighted by molar-refractivity contribution is 6.42. The van der Waals surface area contributed by atoms with Crippen molar-refractivity contribution in [1.82, 2.24) is 15.1 Å². The third-order valence-corrected chi connectivity index (χ3v) is 6.64. The molecule has 3 rings (SSSR count). The number of carbonyl (C=O) groups excluding carboxylic acids is 1. The summed E-state index contributed by atoms with van der Waals surface area (Å²) in [5.74, 6) is -0.139. The summed E-state index contributed by atoms with van der Waals surface area (Å²) < 4.78 is 0. The highest BCUT2D eigenvalue weighted by Gasteiger charge is 2.30. The molecule has 1 atom stereocenters. The van der Waals surface area contributed by atoms with Crippen LogP contribution in [0.1, 0.15) is 42.3 Å². The molecule has 0 aromatic heterocycles. The van der Waals surface area contributed by atoms with E-state index in [0.29, 0.717) is 21.2 Å². The van der Waals surface area contributed by atoms with Crippen LogP contribution in [0, 0.1) is 16.7 Å². The zero-order valence-electron chi connectivity index (χ0n) is 18.9. The molecule has 1 aliphatic rings. The van der Waals surface area contributed by atoms with E-state index in [9.17, 15) is 4.79 Å². The number of hydrogen-bond acceptors (Lipinski definition) is 4. The maximum absolute atomic E-state index is 12.9. The Morgan fingerprint density at radius 1 is 1.06 bits per heavy atom. The van der Waals surface area contributed by atoms with Gasteiger partial charge in [0.2, 0.25) is 0 Å². The molecular weight excluding hydrogens is 443 g/mol. The molecule has 0 aliphatic carbocycles. The molecule has 170 valence electrons. The van der Waals surface area contributed by atoms with E-state index in [4.69, 9.17) is 28.5 Å². The number of amides is 1. The fraction of sp³-hybridized carbons (Fsp3) is 0.440. The Morgan fingerprint density at radius 2 is 1.75 bits per heavy atom. The van der Waals surface area contributed by atoms with Gasteiger partial charge in [-0.2, -0.15) is 5.26 Å². The van der Waals surface area contributed by atoms with Crippen molar-refractivity contribution in [2.24, 2.45) is 5.41 Å². The second-order valence-electron chi connectivity index (χ2n) is 9.41. The van der Waals surface area contributed by atoms with E-state index in [0.717, 1.165) is 44.8 Å². The minimum absolute atomic E-state index is 0.0117. The highest BCUT2D eigenvalue weighted by Crippen LogP contribution is 2.24. The largest absolute Gasteiger partial charge is 0.347 e. The Labute approximate surface area is 200 Å². The average Bonchev–Trinajstić information content (AvgIpc) is 2.76. The van der Waals surface area contributed by atoms with Gasteiger partial charge < -0.3 is 5.32 Å². The van der Waals surface area contributed by atoms with Gasteiger partial charge in [0.05, 0.1) is 21.7 Å². The van der Waals surface area contributed by atoms with Gasteiger partial charge in [-0.15, -0.1) is 0 Å². The number of rotatable bonds is 6. The van der Waals surface area contributed by atoms with Crippen LogP contribution in [0.3, 0.4) is 0 Å². The molecular formula is C25H30Cl2N4O. The molecule has 7 heteroatoms. The Kier molecular flexibility index (Phi) is 8.19. The van der Waals surface area contributed by atoms with E-state index in [1.165, 1.54) is 0 Å². The van der Waals surface area contributed by atoms with Crippen molar-refractivity contribution < 1.29 is 4.79 Å². The predicted octanol–water partition coefficient (Wildman–Crippen LogP) is 4.83. The molecule has 0 radical (unpaired) electrons. The number of nitrogens with zero attached hydrogens (tertiary/aromatic N) is 3. The molecule has 1 N–H and O–H groups in total. The quantitative estimate of drug-likeness (QED) is 0.653. The summed E-state index contributed by atoms with van der Waals surface area (Å²) in [5.41, 5.74) is 2.07. The lowest BCUT2D eigenvalue weighted by Gasteiger charge is -2.40. The molecule has 0 bridgehead atoms. The van der Waals surface area contributed by atoms with E-state index in [-0.39, 0.29) is 17.4 Å². The van der Waals surface area contributed by atoms with Crippen LogP contribution < -0.4 is 5.32 Å². The SMILES string of the molecule is CC(C)(C)C(CN1CCN(Cc2ccc(Cl)c(Cl)c2)CC1)NC(=O)c1cccc(C#N)c1. The molecule has 2 aromatic rings. The van der Waals surface area contributed by atoms with Gasteiger partial charge in [0, 0.05) is 50.9 Å². The summed E-state index contributed by atoms with van der Waals surface area (Å²) in [6.45, 7) is 11.8. The molecule has 1 fully saturated rings. The summed E-state index contributed by atoms with van der Waals surface area (Å²) in [7, 11) is 0. The van der Waals surface area contributed by atoms with E-state index < -0.39 is 0 Å². The molecule has 1 aliphatic heterocycles. The molecule has 0 spiro atoms. The van der Waals surface area contributed by atoms with Crippen LogP contribution in [0.2, 0.25) is 10.0 Å². The van der Waals surface area contributed by atoms with E-state index in [1.807, 2.05) is 18.2 Å². The van der Waals surface area contributed by atoms with Crippen LogP contribution in [0.15, 0.2) is 42.5 Å². The molecule has 0 saturated carbocycles. The van der Waals surface area contributed by atoms with E-state index >= 15 is 0 Å². The molecule has 1 unspecified atom stereocenters. The van der Waals surface area contributed by atoms with Crippen molar-refractivity contribution in [3.8, 4) is 6.07 Å². The van der Waals surface area contributed by atoms with Crippen molar-refractivity contribution >= 4 is 29.1 Å². The van der Waals surface area contributed by atoms with E-state index in [1.54, 1.807) is 24.3 Å². The first-order valence-corrected chi connectivity index (χ1v) is 11.6. The molecule has 1 saturated heterocycles. The summed E-state index contributed by atoms with van der Waals surface area (Å²) >= 11 is 12.2. The summed E-state index contributed by atoms with van der Waals surface area (Å²) in [6, 6.07) is 14.7. The Balaban J connectivity index is 1.57. The van der Waals surface area contributed by atoms with Gasteiger partial charge in [-0.05, 0) is 41.3 Å². The van der Waals surface area contributed by atoms with Crippen LogP contribution in [0.4, 0.5) is 0 Å². The third kappa shape index (κ3) is 6.70. The highest BCUT2D eigenvalue weighted by atomic mass is 35.5. The second kappa shape index (κ2) is 10.7. The average molecular weight is 473 g/mol. The maximum Gasteiger partial charge on any atom is 0.251 e. The summed E-state index contributed by atoms with van der Waals surface area (Å²) in [6.07, 6.45) is 0. The van der Waals surface area contributed by atoms with Crippen molar-refractivity contribution in [3.05, 3.63) is 69.2 Å². The number of benzene rings is 2. The Bertz CT molecular complexity index is 988. The van der Waals surface area contributed by atoms with Crippen LogP contribution in [0.5, 0.6) is 0 Å². The topological polar surface area (TPSA) is 59.4 Å². The number of nitrogens with one attached hydrogen (secondary N) is 1. The minimum Gasteiger partial charge on any atom is -0.347 e. The number of carbonyl (C=O) groups is 1. The Morgan fingerprint density at radius 3 is 2.38 bits per heavy atom. The number of piperazine rings is 1. The van der Waals surface area contributed by atoms with Crippen molar-refractivity contribution in [3.63, 3.8) is 0 Å². The number of halogens is 2. The monoisotopic (exact) mass is 472 g/mol. The molecule has 1 amide bonds. The standard InChI is InChI=1S/C25H30Cl2N4O/c1-25(2,3)23(29-24(32)20-6-4-5-18(13-20)15-28)17-31-11-9-30(10-12-31)16-19-7-8-21(26)22(27)14-19/h4-8,13-14,23H,9-12,16-17H2,1-3H3,(H,29,32). The van der Waals surface area contributed by atoms with Crippen molar-refractivity contribution in [1.29, 1.82) is 5.26 Å². The first-order chi connectivity index (χ1) is 15.2. The third-order valence-electron chi connectivity index (χ3n) is 5.90. The van der Waals surface area contributed by atoms with Gasteiger partial charge in [0.25, 0.3) is 5.91 Å². The molecule has 2 aromatic carbocycles. The molecule has 1 heterocycles. The van der Waals surface area contributed by atoms with Gasteiger partial charge in [0.15, 0.2) is 0 Å². The first-order valence-electron chi connectivity index (χ1n) is 10.9. The Hall–Kier alpha value is -2.10. The minimum atomic E-state index is -0.139. The van der Waals surface area contributed by atoms with Crippen LogP contribution in [0.25, 0.3) is 0 Å². The molecule has 32 heavy (non-hydrogen) atoms. The smallest absolute Gasteiger partial charge is 0.251 e. The predicted molar refractivity (Wildman–Crippen MR) is 130 cm³/mol. The second-order valence-corrected chi connectivity index (χ2v) is 10.2. The van der Waals surface area contributed by atoms with Crippen LogP contribution in [-0.2, 0) is 6.54 Å². The summed E-state index contributed by atoms with van der Waals surface area (Å²) in [5, 5.41) is 13.5. The fourth-order valence-electron chi connectivity index (χ4n) is 3.79. The first kappa shape index (κ1) is 24.5. The number of nitriles is 1. The van der Waals surface area contributed by atoms with E-state index in [2.05, 4.69) is 42.0 Å². The lowest BCUT2D eigenvalue weighted by atomic mass is 9.86. The normalized spacial score (nSPS) is 16.4. The maximum atomic E-state index is 12.9. The van der Waals surface area contributed by atoms with Crippen molar-refractivity contribution in [2.45, 2.75) is 33.4 Å². The lowest BCUT2D eigenvalue weighted by molar-refractivity contribution is 0.0790. The van der Waals surface area contributed by atoms with Gasteiger partial charge in [-0.1, -0.05) is 56.1 Å². The van der Waals surface area contributed by atoms with Gasteiger partial charge >= 0.3 is 0 Å². The zero-order chi connectivity index (χ0) is 23.3. The lowest BCUT2D eigenvalue weighted by Crippen LogP contribution is -2.54. The zero-order valence-corrected chi connectivity index (χ0v) is 20.4. The van der Waals surface area contributed by atoms with Gasteiger partial charge in [-0.3, -0.25) is 14.6 Å². The summed E-state index contributed by atoms with van der Waals surface area (Å²) in [4.78, 5) is 17.7.